The van der Waals surface area contributed by atoms with Crippen LogP contribution in [0.1, 0.15) is 29.9 Å². The highest BCUT2D eigenvalue weighted by Crippen LogP contribution is 2.34. The molecule has 1 N–H and O–H groups in total. The van der Waals surface area contributed by atoms with Gasteiger partial charge in [-0.15, -0.1) is 0 Å². The maximum atomic E-state index is 3.59. The van der Waals surface area contributed by atoms with Gasteiger partial charge in [-0.2, -0.15) is 0 Å². The zero-order valence-electron chi connectivity index (χ0n) is 12.4. The number of nitrogens with one attached hydrogen (secondary N) is 1. The zero-order chi connectivity index (χ0) is 14.1. The molecule has 1 fully saturated rings. The number of hydrogen-bond donors (Lipinski definition) is 1. The predicted octanol–water partition coefficient (Wildman–Crippen LogP) is 4.04. The molecule has 2 aromatic rings. The van der Waals surface area contributed by atoms with E-state index in [2.05, 4.69) is 58.7 Å². The normalized spacial score (nSPS) is 20.0. The van der Waals surface area contributed by atoms with Crippen LogP contribution in [0.3, 0.4) is 0 Å². The van der Waals surface area contributed by atoms with Crippen molar-refractivity contribution in [3.8, 4) is 0 Å². The van der Waals surface area contributed by atoms with Gasteiger partial charge in [-0.05, 0) is 54.7 Å². The topological polar surface area (TPSA) is 15.3 Å². The SMILES string of the molecule is c1ccc2c(c1)CC2CNc1ccc(N2CCCC2)cc1. The quantitative estimate of drug-likeness (QED) is 0.908. The highest BCUT2D eigenvalue weighted by atomic mass is 15.1. The summed E-state index contributed by atoms with van der Waals surface area (Å²) in [5, 5.41) is 3.59. The Morgan fingerprint density at radius 3 is 2.48 bits per heavy atom. The molecule has 0 aromatic heterocycles. The molecule has 4 rings (SSSR count). The summed E-state index contributed by atoms with van der Waals surface area (Å²) in [7, 11) is 0. The maximum absolute atomic E-state index is 3.59. The van der Waals surface area contributed by atoms with Gasteiger partial charge in [-0.25, -0.2) is 0 Å². The Bertz CT molecular complexity index is 612. The first-order chi connectivity index (χ1) is 10.4. The number of nitrogens with zero attached hydrogens (tertiary/aromatic N) is 1. The van der Waals surface area contributed by atoms with Crippen molar-refractivity contribution in [3.05, 3.63) is 59.7 Å². The van der Waals surface area contributed by atoms with Gasteiger partial charge < -0.3 is 10.2 Å². The minimum Gasteiger partial charge on any atom is -0.384 e. The minimum atomic E-state index is 0.680. The van der Waals surface area contributed by atoms with E-state index in [0.717, 1.165) is 6.54 Å². The van der Waals surface area contributed by atoms with Crippen molar-refractivity contribution < 1.29 is 0 Å². The van der Waals surface area contributed by atoms with E-state index in [9.17, 15) is 0 Å². The molecule has 1 aliphatic heterocycles. The first kappa shape index (κ1) is 12.8. The van der Waals surface area contributed by atoms with E-state index < -0.39 is 0 Å². The second-order valence-corrected chi connectivity index (χ2v) is 6.22. The Morgan fingerprint density at radius 2 is 1.71 bits per heavy atom. The molecule has 2 aliphatic rings. The summed E-state index contributed by atoms with van der Waals surface area (Å²) >= 11 is 0. The Kier molecular flexibility index (Phi) is 3.30. The summed E-state index contributed by atoms with van der Waals surface area (Å²) in [5.74, 6) is 0.680. The molecule has 2 nitrogen and oxygen atoms in total. The summed E-state index contributed by atoms with van der Waals surface area (Å²) in [5.41, 5.74) is 5.65. The standard InChI is InChI=1S/C19H22N2/c1-2-6-19-15(5-1)13-16(19)14-20-17-7-9-18(10-8-17)21-11-3-4-12-21/h1-2,5-10,16,20H,3-4,11-14H2. The summed E-state index contributed by atoms with van der Waals surface area (Å²) < 4.78 is 0. The molecule has 1 unspecified atom stereocenters. The van der Waals surface area contributed by atoms with Gasteiger partial charge in [0.25, 0.3) is 0 Å². The van der Waals surface area contributed by atoms with Gasteiger partial charge in [0.1, 0.15) is 0 Å². The van der Waals surface area contributed by atoms with Crippen LogP contribution in [-0.2, 0) is 6.42 Å². The third-order valence-corrected chi connectivity index (χ3v) is 4.85. The Labute approximate surface area is 126 Å². The van der Waals surface area contributed by atoms with Crippen LogP contribution in [0, 0.1) is 0 Å². The second-order valence-electron chi connectivity index (χ2n) is 6.22. The lowest BCUT2D eigenvalue weighted by molar-refractivity contribution is 0.636. The molecule has 2 heteroatoms. The predicted molar refractivity (Wildman–Crippen MR) is 89.3 cm³/mol. The van der Waals surface area contributed by atoms with E-state index in [1.165, 1.54) is 54.9 Å². The average molecular weight is 278 g/mol. The minimum absolute atomic E-state index is 0.680. The molecule has 0 saturated carbocycles. The fourth-order valence-corrected chi connectivity index (χ4v) is 3.55. The fraction of sp³-hybridized carbons (Fsp3) is 0.368. The monoisotopic (exact) mass is 278 g/mol. The molecular weight excluding hydrogens is 256 g/mol. The largest absolute Gasteiger partial charge is 0.384 e. The molecule has 0 spiro atoms. The highest BCUT2D eigenvalue weighted by molar-refractivity contribution is 5.56. The van der Waals surface area contributed by atoms with Gasteiger partial charge in [-0.1, -0.05) is 24.3 Å². The first-order valence-electron chi connectivity index (χ1n) is 8.07. The Hall–Kier alpha value is -1.96. The molecule has 2 aromatic carbocycles. The number of hydrogen-bond acceptors (Lipinski definition) is 2. The number of rotatable bonds is 4. The molecule has 0 radical (unpaired) electrons. The van der Waals surface area contributed by atoms with Crippen molar-refractivity contribution in [2.75, 3.05) is 29.9 Å². The summed E-state index contributed by atoms with van der Waals surface area (Å²) in [6.07, 6.45) is 3.89. The van der Waals surface area contributed by atoms with Crippen molar-refractivity contribution in [1.29, 1.82) is 0 Å². The van der Waals surface area contributed by atoms with Gasteiger partial charge in [0.2, 0.25) is 0 Å². The average Bonchev–Trinajstić information content (AvgIpc) is 3.03. The van der Waals surface area contributed by atoms with Crippen LogP contribution in [0.5, 0.6) is 0 Å². The van der Waals surface area contributed by atoms with E-state index in [-0.39, 0.29) is 0 Å². The van der Waals surface area contributed by atoms with Crippen LogP contribution in [0.4, 0.5) is 11.4 Å². The number of fused-ring (bicyclic) bond motifs is 1. The van der Waals surface area contributed by atoms with Gasteiger partial charge in [0.15, 0.2) is 0 Å². The van der Waals surface area contributed by atoms with Crippen molar-refractivity contribution in [1.82, 2.24) is 0 Å². The van der Waals surface area contributed by atoms with Crippen LogP contribution in [0.2, 0.25) is 0 Å². The van der Waals surface area contributed by atoms with Crippen LogP contribution >= 0.6 is 0 Å². The zero-order valence-corrected chi connectivity index (χ0v) is 12.4. The Morgan fingerprint density at radius 1 is 0.952 bits per heavy atom. The van der Waals surface area contributed by atoms with Crippen molar-refractivity contribution in [2.45, 2.75) is 25.2 Å². The molecule has 0 bridgehead atoms. The van der Waals surface area contributed by atoms with Gasteiger partial charge in [-0.3, -0.25) is 0 Å². The molecule has 108 valence electrons. The van der Waals surface area contributed by atoms with Crippen LogP contribution in [0.25, 0.3) is 0 Å². The molecule has 1 aliphatic carbocycles. The highest BCUT2D eigenvalue weighted by Gasteiger charge is 2.24. The fourth-order valence-electron chi connectivity index (χ4n) is 3.55. The molecule has 1 heterocycles. The lowest BCUT2D eigenvalue weighted by Gasteiger charge is -2.30. The molecule has 1 atom stereocenters. The molecule has 0 amide bonds. The van der Waals surface area contributed by atoms with Crippen molar-refractivity contribution in [2.24, 2.45) is 0 Å². The van der Waals surface area contributed by atoms with E-state index in [0.29, 0.717) is 5.92 Å². The second kappa shape index (κ2) is 5.44. The third kappa shape index (κ3) is 2.51. The van der Waals surface area contributed by atoms with Crippen LogP contribution < -0.4 is 10.2 Å². The summed E-state index contributed by atoms with van der Waals surface area (Å²) in [6.45, 7) is 3.47. The van der Waals surface area contributed by atoms with E-state index in [1.807, 2.05) is 0 Å². The van der Waals surface area contributed by atoms with Crippen LogP contribution in [-0.4, -0.2) is 19.6 Å². The van der Waals surface area contributed by atoms with E-state index in [1.54, 1.807) is 0 Å². The van der Waals surface area contributed by atoms with Crippen molar-refractivity contribution >= 4 is 11.4 Å². The smallest absolute Gasteiger partial charge is 0.0367 e. The number of anilines is 2. The summed E-state index contributed by atoms with van der Waals surface area (Å²) in [4.78, 5) is 2.48. The first-order valence-corrected chi connectivity index (χ1v) is 8.07. The van der Waals surface area contributed by atoms with E-state index >= 15 is 0 Å². The van der Waals surface area contributed by atoms with Gasteiger partial charge in [0, 0.05) is 36.9 Å². The molecular formula is C19H22N2. The summed E-state index contributed by atoms with van der Waals surface area (Å²) in [6, 6.07) is 17.7. The van der Waals surface area contributed by atoms with Crippen LogP contribution in [0.15, 0.2) is 48.5 Å². The van der Waals surface area contributed by atoms with E-state index in [4.69, 9.17) is 0 Å². The lowest BCUT2D eigenvalue weighted by Crippen LogP contribution is -2.24. The lowest BCUT2D eigenvalue weighted by atomic mass is 9.77. The molecule has 1 saturated heterocycles. The Balaban J connectivity index is 1.35. The van der Waals surface area contributed by atoms with Gasteiger partial charge >= 0.3 is 0 Å². The van der Waals surface area contributed by atoms with Gasteiger partial charge in [0.05, 0.1) is 0 Å². The molecule has 21 heavy (non-hydrogen) atoms. The third-order valence-electron chi connectivity index (χ3n) is 4.85. The van der Waals surface area contributed by atoms with Crippen molar-refractivity contribution in [3.63, 3.8) is 0 Å². The number of benzene rings is 2. The maximum Gasteiger partial charge on any atom is 0.0367 e.